The average molecular weight is 840 g/mol. The third-order valence-corrected chi connectivity index (χ3v) is 13.7. The van der Waals surface area contributed by atoms with Gasteiger partial charge in [0.05, 0.1) is 0 Å². The van der Waals surface area contributed by atoms with E-state index < -0.39 is 0 Å². The number of rotatable bonds is 6. The predicted molar refractivity (Wildman–Crippen MR) is 278 cm³/mol. The molecule has 3 nitrogen and oxygen atoms in total. The maximum atomic E-state index is 4.66. The topological polar surface area (TPSA) is 37.8 Å². The fourth-order valence-electron chi connectivity index (χ4n) is 10.9. The second kappa shape index (κ2) is 15.5. The highest BCUT2D eigenvalue weighted by Gasteiger charge is 2.21. The number of pyridine rings is 2. The Morgan fingerprint density at radius 3 is 0.985 bits per heavy atom. The summed E-state index contributed by atoms with van der Waals surface area (Å²) >= 11 is 0. The zero-order valence-corrected chi connectivity index (χ0v) is 36.0. The molecule has 1 aliphatic heterocycles. The van der Waals surface area contributed by atoms with Gasteiger partial charge in [0.1, 0.15) is 0 Å². The van der Waals surface area contributed by atoms with Crippen LogP contribution in [0.3, 0.4) is 0 Å². The van der Waals surface area contributed by atoms with Crippen LogP contribution in [-0.4, -0.2) is 16.5 Å². The van der Waals surface area contributed by atoms with E-state index in [1.54, 1.807) is 0 Å². The van der Waals surface area contributed by atoms with Crippen molar-refractivity contribution in [1.82, 2.24) is 15.3 Å². The molecule has 0 saturated carbocycles. The van der Waals surface area contributed by atoms with Crippen molar-refractivity contribution < 1.29 is 0 Å². The van der Waals surface area contributed by atoms with Crippen LogP contribution in [0.5, 0.6) is 0 Å². The second-order valence-electron chi connectivity index (χ2n) is 17.2. The minimum Gasteiger partial charge on any atom is -0.387 e. The molecular weight excluding hydrogens is 799 g/mol. The standard InChI is InChI=1S/C63H41N3/c1-3-13-40(14-4-1)58-46-17-7-10-20-49(46)61(55-37-64-34-31-52(55)58)43-25-23-42(24-26-43)60-48-19-9-12-22-51(48)63(57-39-66-36-33-54(57)60)45-29-27-44(28-30-45)62-50-21-11-8-18-47(50)59(41-15-5-2-6-16-41)53-32-35-65-38-56(53)62/h1-35,37-39,66H,36H2. The minimum absolute atomic E-state index is 0.765. The number of aromatic nitrogens is 2. The maximum Gasteiger partial charge on any atom is 0.0353 e. The Kier molecular flexibility index (Phi) is 8.92. The van der Waals surface area contributed by atoms with E-state index in [1.807, 2.05) is 24.8 Å². The molecule has 2 aromatic heterocycles. The average Bonchev–Trinajstić information content (AvgIpc) is 3.39. The summed E-state index contributed by atoms with van der Waals surface area (Å²) in [6.07, 6.45) is 12.5. The van der Waals surface area contributed by atoms with E-state index >= 15 is 0 Å². The van der Waals surface area contributed by atoms with Gasteiger partial charge in [0.15, 0.2) is 0 Å². The van der Waals surface area contributed by atoms with Crippen molar-refractivity contribution >= 4 is 66.1 Å². The molecule has 1 aliphatic rings. The first-order valence-electron chi connectivity index (χ1n) is 22.7. The van der Waals surface area contributed by atoms with Crippen molar-refractivity contribution in [2.24, 2.45) is 0 Å². The van der Waals surface area contributed by atoms with Crippen LogP contribution in [0.2, 0.25) is 0 Å². The third-order valence-electron chi connectivity index (χ3n) is 13.7. The van der Waals surface area contributed by atoms with Gasteiger partial charge in [0.25, 0.3) is 0 Å². The lowest BCUT2D eigenvalue weighted by atomic mass is 9.84. The van der Waals surface area contributed by atoms with Crippen molar-refractivity contribution in [3.05, 3.63) is 229 Å². The van der Waals surface area contributed by atoms with Gasteiger partial charge in [-0.15, -0.1) is 0 Å². The number of nitrogens with one attached hydrogen (secondary N) is 1. The molecule has 13 rings (SSSR count). The van der Waals surface area contributed by atoms with Gasteiger partial charge in [-0.25, -0.2) is 0 Å². The Labute approximate surface area is 382 Å². The largest absolute Gasteiger partial charge is 0.387 e. The van der Waals surface area contributed by atoms with Crippen LogP contribution in [-0.2, 0) is 0 Å². The molecule has 10 aromatic carbocycles. The van der Waals surface area contributed by atoms with Gasteiger partial charge in [-0.05, 0) is 127 Å². The van der Waals surface area contributed by atoms with Crippen molar-refractivity contribution in [3.8, 4) is 66.8 Å². The lowest BCUT2D eigenvalue weighted by Gasteiger charge is -2.20. The van der Waals surface area contributed by atoms with Gasteiger partial charge in [-0.3, -0.25) is 9.97 Å². The van der Waals surface area contributed by atoms with Crippen molar-refractivity contribution in [2.75, 3.05) is 6.54 Å². The maximum absolute atomic E-state index is 4.66. The molecule has 0 spiro atoms. The molecule has 0 aliphatic carbocycles. The molecule has 3 heterocycles. The van der Waals surface area contributed by atoms with Gasteiger partial charge >= 0.3 is 0 Å². The molecule has 0 saturated heterocycles. The molecule has 308 valence electrons. The third kappa shape index (κ3) is 5.98. The quantitative estimate of drug-likeness (QED) is 0.170. The van der Waals surface area contributed by atoms with Gasteiger partial charge < -0.3 is 5.32 Å². The molecule has 0 amide bonds. The zero-order chi connectivity index (χ0) is 43.6. The minimum atomic E-state index is 0.765. The van der Waals surface area contributed by atoms with Crippen molar-refractivity contribution in [2.45, 2.75) is 0 Å². The van der Waals surface area contributed by atoms with Crippen LogP contribution in [0, 0.1) is 0 Å². The summed E-state index contributed by atoms with van der Waals surface area (Å²) in [5.41, 5.74) is 14.5. The molecular formula is C63H41N3. The Morgan fingerprint density at radius 2 is 0.576 bits per heavy atom. The fraction of sp³-hybridized carbons (Fsp3) is 0.0159. The molecule has 0 atom stereocenters. The SMILES string of the molecule is C1=c2c(-c3ccc(-c4c5ccccc5c(-c5ccccc5)c5ccncc45)cc3)c3ccccc3c(-c3ccc(-c4c5ccccc5c(-c5ccccc5)c5ccncc45)cc3)c2=CNC1. The number of hydrogen-bond acceptors (Lipinski definition) is 3. The molecule has 1 N–H and O–H groups in total. The molecule has 0 unspecified atom stereocenters. The van der Waals surface area contributed by atoms with Crippen molar-refractivity contribution in [1.29, 1.82) is 0 Å². The van der Waals surface area contributed by atoms with Gasteiger partial charge in [0.2, 0.25) is 0 Å². The van der Waals surface area contributed by atoms with Crippen LogP contribution in [0.25, 0.3) is 133 Å². The van der Waals surface area contributed by atoms with E-state index in [0.29, 0.717) is 0 Å². The zero-order valence-electron chi connectivity index (χ0n) is 36.0. The van der Waals surface area contributed by atoms with E-state index in [1.165, 1.54) is 120 Å². The Bertz CT molecular complexity index is 3630. The molecule has 0 bridgehead atoms. The van der Waals surface area contributed by atoms with Crippen LogP contribution >= 0.6 is 0 Å². The lowest BCUT2D eigenvalue weighted by molar-refractivity contribution is 1.06. The highest BCUT2D eigenvalue weighted by Crippen LogP contribution is 2.46. The predicted octanol–water partition coefficient (Wildman–Crippen LogP) is 14.4. The number of nitrogens with zero attached hydrogens (tertiary/aromatic N) is 2. The molecule has 12 aromatic rings. The van der Waals surface area contributed by atoms with Gasteiger partial charge in [-0.1, -0.05) is 188 Å². The van der Waals surface area contributed by atoms with Crippen LogP contribution in [0.4, 0.5) is 0 Å². The number of hydrogen-bond donors (Lipinski definition) is 1. The summed E-state index contributed by atoms with van der Waals surface area (Å²) in [5.74, 6) is 0. The van der Waals surface area contributed by atoms with E-state index in [0.717, 1.165) is 17.3 Å². The Hall–Kier alpha value is -8.66. The monoisotopic (exact) mass is 839 g/mol. The van der Waals surface area contributed by atoms with Crippen LogP contribution in [0.15, 0.2) is 219 Å². The van der Waals surface area contributed by atoms with Crippen molar-refractivity contribution in [3.63, 3.8) is 0 Å². The highest BCUT2D eigenvalue weighted by atomic mass is 14.8. The Balaban J connectivity index is 0.955. The Morgan fingerprint density at radius 1 is 0.273 bits per heavy atom. The normalized spacial score (nSPS) is 12.2. The molecule has 66 heavy (non-hydrogen) atoms. The molecule has 0 fully saturated rings. The first kappa shape index (κ1) is 37.9. The van der Waals surface area contributed by atoms with E-state index in [4.69, 9.17) is 0 Å². The van der Waals surface area contributed by atoms with Crippen LogP contribution < -0.4 is 15.8 Å². The highest BCUT2D eigenvalue weighted by molar-refractivity contribution is 6.22. The van der Waals surface area contributed by atoms with E-state index in [-0.39, 0.29) is 0 Å². The number of benzene rings is 10. The second-order valence-corrected chi connectivity index (χ2v) is 17.2. The fourth-order valence-corrected chi connectivity index (χ4v) is 10.9. The van der Waals surface area contributed by atoms with Gasteiger partial charge in [0, 0.05) is 53.5 Å². The first-order valence-corrected chi connectivity index (χ1v) is 22.7. The first-order chi connectivity index (χ1) is 32.8. The summed E-state index contributed by atoms with van der Waals surface area (Å²) in [6.45, 7) is 0.765. The van der Waals surface area contributed by atoms with Gasteiger partial charge in [-0.2, -0.15) is 0 Å². The summed E-state index contributed by atoms with van der Waals surface area (Å²) in [7, 11) is 0. The molecule has 0 radical (unpaired) electrons. The summed E-state index contributed by atoms with van der Waals surface area (Å²) in [5, 5.41) is 18.1. The smallest absolute Gasteiger partial charge is 0.0353 e. The van der Waals surface area contributed by atoms with E-state index in [2.05, 4.69) is 222 Å². The number of fused-ring (bicyclic) bond motifs is 6. The van der Waals surface area contributed by atoms with Crippen LogP contribution in [0.1, 0.15) is 0 Å². The lowest BCUT2D eigenvalue weighted by Crippen LogP contribution is -2.36. The summed E-state index contributed by atoms with van der Waals surface area (Å²) in [4.78, 5) is 9.32. The summed E-state index contributed by atoms with van der Waals surface area (Å²) in [6, 6.07) is 70.8. The van der Waals surface area contributed by atoms with E-state index in [9.17, 15) is 0 Å². The summed E-state index contributed by atoms with van der Waals surface area (Å²) < 4.78 is 0. The molecule has 3 heteroatoms.